The van der Waals surface area contributed by atoms with Crippen LogP contribution in [0.1, 0.15) is 17.3 Å². The molecule has 1 aromatic heterocycles. The van der Waals surface area contributed by atoms with E-state index >= 15 is 0 Å². The Balaban J connectivity index is 1.69. The molecule has 1 N–H and O–H groups in total. The number of rotatable bonds is 6. The zero-order chi connectivity index (χ0) is 19.2. The van der Waals surface area contributed by atoms with E-state index in [-0.39, 0.29) is 5.91 Å². The van der Waals surface area contributed by atoms with Crippen LogP contribution in [-0.4, -0.2) is 62.7 Å². The van der Waals surface area contributed by atoms with Gasteiger partial charge in [0.15, 0.2) is 0 Å². The molecule has 7 heteroatoms. The highest BCUT2D eigenvalue weighted by molar-refractivity contribution is 6.07. The minimum Gasteiger partial charge on any atom is -0.496 e. The van der Waals surface area contributed by atoms with Crippen LogP contribution in [-0.2, 0) is 0 Å². The summed E-state index contributed by atoms with van der Waals surface area (Å²) >= 11 is 0. The molecule has 2 aromatic rings. The SMILES string of the molecule is CCN1CCN(c2ccc(NC(=O)c3c(OC)cccc3OC)nc2)CC1. The van der Waals surface area contributed by atoms with Crippen LogP contribution in [0.3, 0.4) is 0 Å². The molecule has 0 saturated carbocycles. The normalized spacial score (nSPS) is 14.7. The summed E-state index contributed by atoms with van der Waals surface area (Å²) in [6, 6.07) is 9.04. The third-order valence-electron chi connectivity index (χ3n) is 4.83. The van der Waals surface area contributed by atoms with Crippen molar-refractivity contribution in [2.24, 2.45) is 0 Å². The van der Waals surface area contributed by atoms with Crippen LogP contribution >= 0.6 is 0 Å². The first-order valence-corrected chi connectivity index (χ1v) is 9.12. The molecular weight excluding hydrogens is 344 g/mol. The lowest BCUT2D eigenvalue weighted by atomic mass is 10.1. The second-order valence-corrected chi connectivity index (χ2v) is 6.31. The first-order valence-electron chi connectivity index (χ1n) is 9.12. The Labute approximate surface area is 159 Å². The van der Waals surface area contributed by atoms with E-state index in [1.165, 1.54) is 14.2 Å². The first kappa shape index (κ1) is 19.0. The molecule has 0 bridgehead atoms. The van der Waals surface area contributed by atoms with Crippen molar-refractivity contribution in [3.8, 4) is 11.5 Å². The lowest BCUT2D eigenvalue weighted by Crippen LogP contribution is -2.46. The fourth-order valence-corrected chi connectivity index (χ4v) is 3.22. The predicted octanol–water partition coefficient (Wildman–Crippen LogP) is 2.49. The summed E-state index contributed by atoms with van der Waals surface area (Å²) in [4.78, 5) is 21.8. The Hall–Kier alpha value is -2.80. The second kappa shape index (κ2) is 8.73. The third-order valence-corrected chi connectivity index (χ3v) is 4.83. The fourth-order valence-electron chi connectivity index (χ4n) is 3.22. The summed E-state index contributed by atoms with van der Waals surface area (Å²) in [5.74, 6) is 1.08. The number of carbonyl (C=O) groups excluding carboxylic acids is 1. The standard InChI is InChI=1S/C20H26N4O3/c1-4-23-10-12-24(13-11-23)15-8-9-18(21-14-15)22-20(25)19-16(26-2)6-5-7-17(19)27-3/h5-9,14H,4,10-13H2,1-3H3,(H,21,22,25). The lowest BCUT2D eigenvalue weighted by molar-refractivity contribution is 0.102. The van der Waals surface area contributed by atoms with E-state index in [0.717, 1.165) is 38.4 Å². The van der Waals surface area contributed by atoms with Crippen molar-refractivity contribution < 1.29 is 14.3 Å². The van der Waals surface area contributed by atoms with Gasteiger partial charge in [-0.15, -0.1) is 0 Å². The summed E-state index contributed by atoms with van der Waals surface area (Å²) in [5, 5.41) is 2.82. The topological polar surface area (TPSA) is 66.9 Å². The van der Waals surface area contributed by atoms with Crippen molar-refractivity contribution in [3.63, 3.8) is 0 Å². The van der Waals surface area contributed by atoms with Gasteiger partial charge in [0.1, 0.15) is 22.9 Å². The molecular formula is C20H26N4O3. The van der Waals surface area contributed by atoms with E-state index in [4.69, 9.17) is 9.47 Å². The zero-order valence-corrected chi connectivity index (χ0v) is 16.1. The zero-order valence-electron chi connectivity index (χ0n) is 16.1. The Bertz CT molecular complexity index is 749. The van der Waals surface area contributed by atoms with Gasteiger partial charge >= 0.3 is 0 Å². The molecule has 0 aliphatic carbocycles. The number of nitrogens with zero attached hydrogens (tertiary/aromatic N) is 3. The minimum absolute atomic E-state index is 0.318. The number of anilines is 2. The maximum absolute atomic E-state index is 12.7. The molecule has 1 aliphatic heterocycles. The van der Waals surface area contributed by atoms with Gasteiger partial charge in [-0.1, -0.05) is 13.0 Å². The lowest BCUT2D eigenvalue weighted by Gasteiger charge is -2.35. The smallest absolute Gasteiger partial charge is 0.264 e. The van der Waals surface area contributed by atoms with Gasteiger partial charge in [-0.25, -0.2) is 4.98 Å². The predicted molar refractivity (Wildman–Crippen MR) is 106 cm³/mol. The molecule has 0 atom stereocenters. The van der Waals surface area contributed by atoms with E-state index in [1.807, 2.05) is 12.1 Å². The molecule has 0 radical (unpaired) electrons. The average Bonchev–Trinajstić information content (AvgIpc) is 2.73. The maximum atomic E-state index is 12.7. The van der Waals surface area contributed by atoms with Crippen LogP contribution in [0.25, 0.3) is 0 Å². The van der Waals surface area contributed by atoms with Crippen molar-refractivity contribution in [2.45, 2.75) is 6.92 Å². The third kappa shape index (κ3) is 4.31. The Morgan fingerprint density at radius 3 is 2.26 bits per heavy atom. The van der Waals surface area contributed by atoms with Gasteiger partial charge in [0.05, 0.1) is 26.1 Å². The molecule has 0 unspecified atom stereocenters. The van der Waals surface area contributed by atoms with Crippen molar-refractivity contribution >= 4 is 17.4 Å². The van der Waals surface area contributed by atoms with Crippen LogP contribution in [0.5, 0.6) is 11.5 Å². The number of benzene rings is 1. The van der Waals surface area contributed by atoms with E-state index in [0.29, 0.717) is 22.9 Å². The Morgan fingerprint density at radius 2 is 1.74 bits per heavy atom. The number of aromatic nitrogens is 1. The molecule has 3 rings (SSSR count). The first-order chi connectivity index (χ1) is 13.2. The van der Waals surface area contributed by atoms with Gasteiger partial charge in [0.2, 0.25) is 0 Å². The number of carbonyl (C=O) groups is 1. The number of piperazine rings is 1. The molecule has 1 amide bonds. The van der Waals surface area contributed by atoms with Crippen LogP contribution in [0, 0.1) is 0 Å². The Morgan fingerprint density at radius 1 is 1.07 bits per heavy atom. The van der Waals surface area contributed by atoms with Gasteiger partial charge in [-0.2, -0.15) is 0 Å². The molecule has 0 spiro atoms. The molecule has 1 fully saturated rings. The number of nitrogens with one attached hydrogen (secondary N) is 1. The number of methoxy groups -OCH3 is 2. The average molecular weight is 370 g/mol. The van der Waals surface area contributed by atoms with E-state index in [9.17, 15) is 4.79 Å². The highest BCUT2D eigenvalue weighted by atomic mass is 16.5. The van der Waals surface area contributed by atoms with E-state index in [1.54, 1.807) is 24.4 Å². The number of hydrogen-bond acceptors (Lipinski definition) is 6. The molecule has 7 nitrogen and oxygen atoms in total. The minimum atomic E-state index is -0.318. The van der Waals surface area contributed by atoms with Crippen LogP contribution < -0.4 is 19.7 Å². The summed E-state index contributed by atoms with van der Waals surface area (Å²) in [7, 11) is 3.05. The highest BCUT2D eigenvalue weighted by Gasteiger charge is 2.19. The molecule has 1 saturated heterocycles. The van der Waals surface area contributed by atoms with Crippen molar-refractivity contribution in [2.75, 3.05) is 57.2 Å². The number of ether oxygens (including phenoxy) is 2. The van der Waals surface area contributed by atoms with Crippen LogP contribution in [0.15, 0.2) is 36.5 Å². The number of likely N-dealkylation sites (N-methyl/N-ethyl adjacent to an activating group) is 1. The Kier molecular flexibility index (Phi) is 6.13. The molecule has 144 valence electrons. The summed E-state index contributed by atoms with van der Waals surface area (Å²) in [6.45, 7) is 7.36. The van der Waals surface area contributed by atoms with E-state index < -0.39 is 0 Å². The second-order valence-electron chi connectivity index (χ2n) is 6.31. The van der Waals surface area contributed by atoms with Crippen LogP contribution in [0.2, 0.25) is 0 Å². The molecule has 27 heavy (non-hydrogen) atoms. The molecule has 1 aliphatic rings. The summed E-state index contributed by atoms with van der Waals surface area (Å²) in [5.41, 5.74) is 1.42. The molecule has 2 heterocycles. The quantitative estimate of drug-likeness (QED) is 0.843. The molecule has 1 aromatic carbocycles. The fraction of sp³-hybridized carbons (Fsp3) is 0.400. The number of hydrogen-bond donors (Lipinski definition) is 1. The maximum Gasteiger partial charge on any atom is 0.264 e. The summed E-state index contributed by atoms with van der Waals surface area (Å²) < 4.78 is 10.6. The van der Waals surface area contributed by atoms with Crippen molar-refractivity contribution in [3.05, 3.63) is 42.1 Å². The largest absolute Gasteiger partial charge is 0.496 e. The number of pyridine rings is 1. The van der Waals surface area contributed by atoms with E-state index in [2.05, 4.69) is 27.0 Å². The van der Waals surface area contributed by atoms with Crippen molar-refractivity contribution in [1.82, 2.24) is 9.88 Å². The van der Waals surface area contributed by atoms with Gasteiger partial charge < -0.3 is 24.6 Å². The van der Waals surface area contributed by atoms with Crippen molar-refractivity contribution in [1.29, 1.82) is 0 Å². The highest BCUT2D eigenvalue weighted by Crippen LogP contribution is 2.29. The monoisotopic (exact) mass is 370 g/mol. The van der Waals surface area contributed by atoms with Gasteiger partial charge in [0.25, 0.3) is 5.91 Å². The van der Waals surface area contributed by atoms with Crippen LogP contribution in [0.4, 0.5) is 11.5 Å². The van der Waals surface area contributed by atoms with Gasteiger partial charge in [-0.05, 0) is 30.8 Å². The summed E-state index contributed by atoms with van der Waals surface area (Å²) in [6.07, 6.45) is 1.80. The number of amides is 1. The van der Waals surface area contributed by atoms with Gasteiger partial charge in [0, 0.05) is 26.2 Å². The van der Waals surface area contributed by atoms with Gasteiger partial charge in [-0.3, -0.25) is 4.79 Å².